The van der Waals surface area contributed by atoms with Gasteiger partial charge in [-0.05, 0) is 30.5 Å². The predicted molar refractivity (Wildman–Crippen MR) is 71.4 cm³/mol. The Hall–Kier alpha value is -1.11. The Labute approximate surface area is 116 Å². The minimum atomic E-state index is -3.63. The molecule has 1 aliphatic heterocycles. The third-order valence-corrected chi connectivity index (χ3v) is 5.17. The number of sulfonamides is 1. The number of rotatable bonds is 4. The van der Waals surface area contributed by atoms with E-state index in [0.29, 0.717) is 23.4 Å². The van der Waals surface area contributed by atoms with E-state index in [9.17, 15) is 13.2 Å². The van der Waals surface area contributed by atoms with Crippen LogP contribution >= 0.6 is 11.6 Å². The number of carboxylic acid groups (broad SMARTS) is 1. The average Bonchev–Trinajstić information content (AvgIpc) is 2.77. The van der Waals surface area contributed by atoms with E-state index < -0.39 is 22.0 Å². The van der Waals surface area contributed by atoms with E-state index in [2.05, 4.69) is 0 Å². The summed E-state index contributed by atoms with van der Waals surface area (Å²) in [6, 6.07) is 5.63. The summed E-state index contributed by atoms with van der Waals surface area (Å²) < 4.78 is 25.6. The van der Waals surface area contributed by atoms with E-state index in [4.69, 9.17) is 16.7 Å². The topological polar surface area (TPSA) is 74.7 Å². The minimum absolute atomic E-state index is 0.225. The Morgan fingerprint density at radius 3 is 2.84 bits per heavy atom. The van der Waals surface area contributed by atoms with E-state index in [1.807, 2.05) is 0 Å². The molecule has 0 saturated carbocycles. The fraction of sp³-hybridized carbons (Fsp3) is 0.417. The van der Waals surface area contributed by atoms with Gasteiger partial charge in [0.25, 0.3) is 0 Å². The summed E-state index contributed by atoms with van der Waals surface area (Å²) in [5, 5.41) is 9.49. The molecule has 1 aromatic carbocycles. The van der Waals surface area contributed by atoms with Crippen molar-refractivity contribution in [1.29, 1.82) is 0 Å². The van der Waals surface area contributed by atoms with Gasteiger partial charge in [0.15, 0.2) is 0 Å². The molecule has 0 bridgehead atoms. The Bertz CT molecular complexity index is 587. The zero-order valence-corrected chi connectivity index (χ0v) is 11.7. The molecule has 0 unspecified atom stereocenters. The first-order chi connectivity index (χ1) is 8.90. The summed E-state index contributed by atoms with van der Waals surface area (Å²) >= 11 is 5.81. The zero-order chi connectivity index (χ0) is 14.0. The van der Waals surface area contributed by atoms with Crippen LogP contribution in [0.2, 0.25) is 5.02 Å². The van der Waals surface area contributed by atoms with Crippen LogP contribution in [0.25, 0.3) is 0 Å². The smallest absolute Gasteiger partial charge is 0.322 e. The van der Waals surface area contributed by atoms with Crippen molar-refractivity contribution in [2.75, 3.05) is 6.54 Å². The molecule has 2 rings (SSSR count). The lowest BCUT2D eigenvalue weighted by Gasteiger charge is -2.20. The van der Waals surface area contributed by atoms with Crippen molar-refractivity contribution in [3.8, 4) is 0 Å². The normalized spacial score (nSPS) is 20.6. The van der Waals surface area contributed by atoms with Crippen LogP contribution in [0.4, 0.5) is 0 Å². The highest BCUT2D eigenvalue weighted by Crippen LogP contribution is 2.24. The van der Waals surface area contributed by atoms with E-state index in [-0.39, 0.29) is 12.3 Å². The fourth-order valence-electron chi connectivity index (χ4n) is 2.24. The van der Waals surface area contributed by atoms with Crippen LogP contribution < -0.4 is 0 Å². The molecule has 1 fully saturated rings. The second kappa shape index (κ2) is 5.48. The Kier molecular flexibility index (Phi) is 4.13. The summed E-state index contributed by atoms with van der Waals surface area (Å²) in [5.74, 6) is -1.32. The Morgan fingerprint density at radius 1 is 1.47 bits per heavy atom. The summed E-state index contributed by atoms with van der Waals surface area (Å²) in [6.07, 6.45) is 0.940. The van der Waals surface area contributed by atoms with Gasteiger partial charge in [0.1, 0.15) is 6.04 Å². The first-order valence-corrected chi connectivity index (χ1v) is 7.85. The Morgan fingerprint density at radius 2 is 2.21 bits per heavy atom. The predicted octanol–water partition coefficient (Wildman–Crippen LogP) is 1.72. The maximum atomic E-state index is 12.2. The van der Waals surface area contributed by atoms with Crippen molar-refractivity contribution in [3.05, 3.63) is 34.9 Å². The molecule has 0 aliphatic carbocycles. The van der Waals surface area contributed by atoms with Gasteiger partial charge in [-0.3, -0.25) is 4.79 Å². The van der Waals surface area contributed by atoms with Crippen molar-refractivity contribution in [2.45, 2.75) is 24.6 Å². The summed E-state index contributed by atoms with van der Waals surface area (Å²) in [4.78, 5) is 11.0. The van der Waals surface area contributed by atoms with Crippen molar-refractivity contribution in [1.82, 2.24) is 4.31 Å². The highest BCUT2D eigenvalue weighted by molar-refractivity contribution is 7.88. The van der Waals surface area contributed by atoms with Crippen LogP contribution in [0, 0.1) is 0 Å². The molecule has 1 heterocycles. The number of carbonyl (C=O) groups is 1. The van der Waals surface area contributed by atoms with Gasteiger partial charge in [0.2, 0.25) is 10.0 Å². The van der Waals surface area contributed by atoms with Crippen molar-refractivity contribution >= 4 is 27.6 Å². The van der Waals surface area contributed by atoms with E-state index >= 15 is 0 Å². The lowest BCUT2D eigenvalue weighted by molar-refractivity contribution is -0.140. The van der Waals surface area contributed by atoms with Crippen LogP contribution in [0.1, 0.15) is 18.4 Å². The third kappa shape index (κ3) is 3.26. The van der Waals surface area contributed by atoms with Crippen molar-refractivity contribution < 1.29 is 18.3 Å². The molecular weight excluding hydrogens is 290 g/mol. The number of carboxylic acids is 1. The molecule has 1 saturated heterocycles. The molecule has 0 radical (unpaired) electrons. The SMILES string of the molecule is O=C(O)[C@H]1CCCN1S(=O)(=O)Cc1cccc(Cl)c1. The lowest BCUT2D eigenvalue weighted by Crippen LogP contribution is -2.40. The monoisotopic (exact) mass is 303 g/mol. The van der Waals surface area contributed by atoms with E-state index in [1.54, 1.807) is 24.3 Å². The molecule has 1 aliphatic rings. The van der Waals surface area contributed by atoms with E-state index in [1.165, 1.54) is 0 Å². The number of aliphatic carboxylic acids is 1. The van der Waals surface area contributed by atoms with Gasteiger partial charge in [-0.1, -0.05) is 23.7 Å². The molecule has 1 aromatic rings. The number of halogens is 1. The third-order valence-electron chi connectivity index (χ3n) is 3.08. The first kappa shape index (κ1) is 14.3. The molecule has 7 heteroatoms. The molecule has 0 aromatic heterocycles. The average molecular weight is 304 g/mol. The van der Waals surface area contributed by atoms with Gasteiger partial charge < -0.3 is 5.11 Å². The number of hydrogen-bond donors (Lipinski definition) is 1. The molecule has 1 N–H and O–H groups in total. The second-order valence-corrected chi connectivity index (χ2v) is 6.85. The number of benzene rings is 1. The molecular formula is C12H14ClNO4S. The lowest BCUT2D eigenvalue weighted by atomic mass is 10.2. The maximum Gasteiger partial charge on any atom is 0.322 e. The van der Waals surface area contributed by atoms with Crippen molar-refractivity contribution in [2.24, 2.45) is 0 Å². The van der Waals surface area contributed by atoms with Gasteiger partial charge in [-0.25, -0.2) is 8.42 Å². The van der Waals surface area contributed by atoms with Crippen LogP contribution in [0.3, 0.4) is 0 Å². The molecule has 1 atom stereocenters. The highest BCUT2D eigenvalue weighted by atomic mass is 35.5. The van der Waals surface area contributed by atoms with Gasteiger partial charge in [-0.2, -0.15) is 4.31 Å². The zero-order valence-electron chi connectivity index (χ0n) is 10.1. The maximum absolute atomic E-state index is 12.2. The number of nitrogens with zero attached hydrogens (tertiary/aromatic N) is 1. The van der Waals surface area contributed by atoms with Gasteiger partial charge in [0, 0.05) is 11.6 Å². The molecule has 19 heavy (non-hydrogen) atoms. The quantitative estimate of drug-likeness (QED) is 0.919. The van der Waals surface area contributed by atoms with Crippen LogP contribution in [-0.2, 0) is 20.6 Å². The van der Waals surface area contributed by atoms with E-state index in [0.717, 1.165) is 4.31 Å². The van der Waals surface area contributed by atoms with Gasteiger partial charge >= 0.3 is 5.97 Å². The van der Waals surface area contributed by atoms with Gasteiger partial charge in [-0.15, -0.1) is 0 Å². The standard InChI is InChI=1S/C12H14ClNO4S/c13-10-4-1-3-9(7-10)8-19(17,18)14-6-2-5-11(14)12(15)16/h1,3-4,7,11H,2,5-6,8H2,(H,15,16)/t11-/m1/s1. The molecule has 0 spiro atoms. The second-order valence-electron chi connectivity index (χ2n) is 4.49. The van der Waals surface area contributed by atoms with Crippen LogP contribution in [-0.4, -0.2) is 36.4 Å². The highest BCUT2D eigenvalue weighted by Gasteiger charge is 2.38. The Balaban J connectivity index is 2.21. The number of hydrogen-bond acceptors (Lipinski definition) is 3. The first-order valence-electron chi connectivity index (χ1n) is 5.87. The molecule has 104 valence electrons. The van der Waals surface area contributed by atoms with Crippen molar-refractivity contribution in [3.63, 3.8) is 0 Å². The summed E-state index contributed by atoms with van der Waals surface area (Å²) in [5.41, 5.74) is 0.559. The summed E-state index contributed by atoms with van der Waals surface area (Å²) in [6.45, 7) is 0.264. The molecule has 5 nitrogen and oxygen atoms in total. The van der Waals surface area contributed by atoms with Crippen LogP contribution in [0.15, 0.2) is 24.3 Å². The summed E-state index contributed by atoms with van der Waals surface area (Å²) in [7, 11) is -3.63. The largest absolute Gasteiger partial charge is 0.480 e. The fourth-order valence-corrected chi connectivity index (χ4v) is 4.21. The minimum Gasteiger partial charge on any atom is -0.480 e. The van der Waals surface area contributed by atoms with Crippen LogP contribution in [0.5, 0.6) is 0 Å². The molecule has 0 amide bonds. The van der Waals surface area contributed by atoms with Gasteiger partial charge in [0.05, 0.1) is 5.75 Å².